The smallest absolute Gasteiger partial charge is 0.339 e. The molecule has 3 rings (SSSR count). The molecule has 0 aliphatic carbocycles. The minimum Gasteiger partial charge on any atom is -0.379 e. The Balaban J connectivity index is 1.67. The highest BCUT2D eigenvalue weighted by Crippen LogP contribution is 2.21. The van der Waals surface area contributed by atoms with Crippen molar-refractivity contribution in [2.24, 2.45) is 0 Å². The molecule has 0 atom stereocenters. The average molecular weight is 461 g/mol. The van der Waals surface area contributed by atoms with Gasteiger partial charge in [-0.1, -0.05) is 30.3 Å². The Kier molecular flexibility index (Phi) is 6.32. The van der Waals surface area contributed by atoms with Crippen molar-refractivity contribution in [3.63, 3.8) is 0 Å². The molecule has 0 aliphatic heterocycles. The molecule has 0 spiro atoms. The number of anilines is 1. The van der Waals surface area contributed by atoms with Gasteiger partial charge < -0.3 is 9.50 Å². The van der Waals surface area contributed by atoms with Crippen LogP contribution in [0.2, 0.25) is 0 Å². The van der Waals surface area contributed by atoms with Gasteiger partial charge in [-0.3, -0.25) is 0 Å². The van der Waals surface area contributed by atoms with Crippen molar-refractivity contribution in [2.45, 2.75) is 23.6 Å². The van der Waals surface area contributed by atoms with Crippen LogP contribution in [0, 0.1) is 13.8 Å². The maximum Gasteiger partial charge on any atom is 0.339 e. The molecule has 0 radical (unpaired) electrons. The molecule has 3 aromatic carbocycles. The van der Waals surface area contributed by atoms with Crippen LogP contribution in [0.3, 0.4) is 0 Å². The Morgan fingerprint density at radius 1 is 0.839 bits per heavy atom. The van der Waals surface area contributed by atoms with Crippen LogP contribution in [0.5, 0.6) is 5.75 Å². The number of nitrogens with one attached hydrogen (secondary N) is 2. The number of carbonyl (C=O) groups is 1. The van der Waals surface area contributed by atoms with Crippen molar-refractivity contribution in [1.29, 1.82) is 0 Å². The van der Waals surface area contributed by atoms with E-state index in [0.717, 1.165) is 5.56 Å². The number of hydrogen-bond acceptors (Lipinski definition) is 6. The Labute approximate surface area is 181 Å². The second-order valence-corrected chi connectivity index (χ2v) is 9.90. The van der Waals surface area contributed by atoms with E-state index in [1.807, 2.05) is 4.72 Å². The first kappa shape index (κ1) is 22.3. The lowest BCUT2D eigenvalue weighted by Crippen LogP contribution is -2.34. The molecule has 2 N–H and O–H groups in total. The minimum atomic E-state index is -4.04. The number of sulfonamides is 1. The second-order valence-electron chi connectivity index (χ2n) is 6.70. The molecule has 0 aliphatic rings. The molecule has 0 aromatic heterocycles. The van der Waals surface area contributed by atoms with E-state index in [1.165, 1.54) is 42.5 Å². The summed E-state index contributed by atoms with van der Waals surface area (Å²) in [5.74, 6) is 0.0417. The van der Waals surface area contributed by atoms with Crippen molar-refractivity contribution in [3.8, 4) is 5.75 Å². The largest absolute Gasteiger partial charge is 0.379 e. The highest BCUT2D eigenvalue weighted by atomic mass is 32.2. The number of carbonyl (C=O) groups excluding carboxylic acids is 1. The summed E-state index contributed by atoms with van der Waals surface area (Å²) in [6.45, 7) is 3.39. The lowest BCUT2D eigenvalue weighted by molar-refractivity contribution is 0.256. The predicted molar refractivity (Wildman–Crippen MR) is 116 cm³/mol. The molecule has 0 unspecified atom stereocenters. The zero-order valence-electron chi connectivity index (χ0n) is 16.7. The zero-order chi connectivity index (χ0) is 22.6. The van der Waals surface area contributed by atoms with Gasteiger partial charge in [-0.25, -0.2) is 17.9 Å². The van der Waals surface area contributed by atoms with Gasteiger partial charge in [0.15, 0.2) is 0 Å². The van der Waals surface area contributed by atoms with Gasteiger partial charge in [0.25, 0.3) is 10.0 Å². The van der Waals surface area contributed by atoms with Crippen LogP contribution in [-0.2, 0) is 20.1 Å². The number of hydrogen-bond donors (Lipinski definition) is 2. The SMILES string of the molecule is Cc1cccc(S(=O)(=O)Oc2ccc(NC(=O)NS(=O)(=O)c3ccccc3C)cc2)c1. The molecular formula is C21H20N2O6S2. The fourth-order valence-electron chi connectivity index (χ4n) is 2.73. The second kappa shape index (κ2) is 8.78. The molecule has 0 saturated carbocycles. The number of aryl methyl sites for hydroxylation is 2. The van der Waals surface area contributed by atoms with Gasteiger partial charge in [0.2, 0.25) is 0 Å². The van der Waals surface area contributed by atoms with Gasteiger partial charge in [-0.05, 0) is 67.4 Å². The van der Waals surface area contributed by atoms with E-state index < -0.39 is 26.2 Å². The highest BCUT2D eigenvalue weighted by molar-refractivity contribution is 7.90. The van der Waals surface area contributed by atoms with E-state index in [2.05, 4.69) is 5.32 Å². The first-order valence-electron chi connectivity index (χ1n) is 9.07. The lowest BCUT2D eigenvalue weighted by atomic mass is 10.2. The molecule has 0 saturated heterocycles. The summed E-state index contributed by atoms with van der Waals surface area (Å²) in [4.78, 5) is 12.1. The van der Waals surface area contributed by atoms with E-state index in [9.17, 15) is 21.6 Å². The first-order valence-corrected chi connectivity index (χ1v) is 12.0. The number of amides is 2. The summed E-state index contributed by atoms with van der Waals surface area (Å²) < 4.78 is 56.5. The van der Waals surface area contributed by atoms with Crippen molar-refractivity contribution in [3.05, 3.63) is 83.9 Å². The summed E-state index contributed by atoms with van der Waals surface area (Å²) in [5.41, 5.74) is 1.52. The predicted octanol–water partition coefficient (Wildman–Crippen LogP) is 3.58. The molecular weight excluding hydrogens is 440 g/mol. The maximum atomic E-state index is 12.4. The third-order valence-electron chi connectivity index (χ3n) is 4.21. The average Bonchev–Trinajstić information content (AvgIpc) is 2.69. The van der Waals surface area contributed by atoms with Gasteiger partial charge >= 0.3 is 16.1 Å². The van der Waals surface area contributed by atoms with Gasteiger partial charge in [0, 0.05) is 5.69 Å². The molecule has 0 bridgehead atoms. The summed E-state index contributed by atoms with van der Waals surface area (Å²) >= 11 is 0. The van der Waals surface area contributed by atoms with Gasteiger partial charge in [-0.2, -0.15) is 8.42 Å². The van der Waals surface area contributed by atoms with Crippen LogP contribution in [0.25, 0.3) is 0 Å². The molecule has 31 heavy (non-hydrogen) atoms. The lowest BCUT2D eigenvalue weighted by Gasteiger charge is -2.11. The molecule has 3 aromatic rings. The minimum absolute atomic E-state index is 0.00440. The van der Waals surface area contributed by atoms with Crippen molar-refractivity contribution >= 4 is 31.9 Å². The highest BCUT2D eigenvalue weighted by Gasteiger charge is 2.20. The van der Waals surface area contributed by atoms with E-state index in [0.29, 0.717) is 5.56 Å². The van der Waals surface area contributed by atoms with Crippen LogP contribution < -0.4 is 14.2 Å². The standard InChI is InChI=1S/C21H20N2O6S2/c1-15-6-5-8-19(14-15)31(27,28)29-18-12-10-17(11-13-18)22-21(24)23-30(25,26)20-9-4-3-7-16(20)2/h3-14H,1-2H3,(H2,22,23,24). The summed E-state index contributed by atoms with van der Waals surface area (Å²) in [6, 6.07) is 17.1. The fourth-order valence-corrected chi connectivity index (χ4v) is 4.92. The van der Waals surface area contributed by atoms with Crippen LogP contribution in [-0.4, -0.2) is 22.9 Å². The molecule has 0 heterocycles. The first-order chi connectivity index (χ1) is 14.6. The topological polar surface area (TPSA) is 119 Å². The third-order valence-corrected chi connectivity index (χ3v) is 6.94. The molecule has 162 valence electrons. The van der Waals surface area contributed by atoms with Crippen molar-refractivity contribution in [2.75, 3.05) is 5.32 Å². The Morgan fingerprint density at radius 2 is 1.52 bits per heavy atom. The molecule has 0 fully saturated rings. The van der Waals surface area contributed by atoms with Gasteiger partial charge in [-0.15, -0.1) is 0 Å². The summed E-state index contributed by atoms with van der Waals surface area (Å²) in [6.07, 6.45) is 0. The molecule has 2 amide bonds. The molecule has 8 nitrogen and oxygen atoms in total. The van der Waals surface area contributed by atoms with Crippen LogP contribution >= 0.6 is 0 Å². The van der Waals surface area contributed by atoms with Crippen molar-refractivity contribution < 1.29 is 25.8 Å². The Hall–Kier alpha value is -3.37. The van der Waals surface area contributed by atoms with E-state index in [1.54, 1.807) is 44.2 Å². The van der Waals surface area contributed by atoms with E-state index >= 15 is 0 Å². The summed E-state index contributed by atoms with van der Waals surface area (Å²) in [7, 11) is -8.05. The number of rotatable bonds is 6. The normalized spacial score (nSPS) is 11.5. The van der Waals surface area contributed by atoms with Crippen molar-refractivity contribution in [1.82, 2.24) is 4.72 Å². The Morgan fingerprint density at radius 3 is 2.16 bits per heavy atom. The Bertz CT molecular complexity index is 1320. The number of urea groups is 1. The molecule has 10 heteroatoms. The maximum absolute atomic E-state index is 12.4. The van der Waals surface area contributed by atoms with Crippen LogP contribution in [0.1, 0.15) is 11.1 Å². The van der Waals surface area contributed by atoms with E-state index in [-0.39, 0.29) is 21.2 Å². The number of benzene rings is 3. The summed E-state index contributed by atoms with van der Waals surface area (Å²) in [5, 5.41) is 2.38. The zero-order valence-corrected chi connectivity index (χ0v) is 18.3. The van der Waals surface area contributed by atoms with Crippen LogP contribution in [0.4, 0.5) is 10.5 Å². The fraction of sp³-hybridized carbons (Fsp3) is 0.0952. The van der Waals surface area contributed by atoms with Gasteiger partial charge in [0.1, 0.15) is 10.6 Å². The quantitative estimate of drug-likeness (QED) is 0.543. The monoisotopic (exact) mass is 460 g/mol. The van der Waals surface area contributed by atoms with E-state index in [4.69, 9.17) is 4.18 Å². The third kappa shape index (κ3) is 5.62. The van der Waals surface area contributed by atoms with Gasteiger partial charge in [0.05, 0.1) is 4.90 Å². The van der Waals surface area contributed by atoms with Crippen LogP contribution in [0.15, 0.2) is 82.6 Å².